The average Bonchev–Trinajstić information content (AvgIpc) is 3.34. The SMILES string of the molecule is C=CC(=O)OCC1CCc2ccc(-c3c(C)cc(-c4ccc(OC(=O)C(=C)C)c(OC(=O)C(=C)C)c4)cc3C)cc21. The molecule has 0 aliphatic heterocycles. The lowest BCUT2D eigenvalue weighted by Crippen LogP contribution is -2.12. The molecular weight excluding hydrogens is 516 g/mol. The van der Waals surface area contributed by atoms with Crippen LogP contribution in [0.5, 0.6) is 11.5 Å². The molecule has 6 nitrogen and oxygen atoms in total. The highest BCUT2D eigenvalue weighted by Crippen LogP contribution is 2.40. The zero-order valence-corrected chi connectivity index (χ0v) is 24.0. The van der Waals surface area contributed by atoms with E-state index in [-0.39, 0.29) is 28.6 Å². The molecule has 0 saturated heterocycles. The molecule has 1 aliphatic carbocycles. The van der Waals surface area contributed by atoms with Crippen LogP contribution in [0.2, 0.25) is 0 Å². The van der Waals surface area contributed by atoms with Gasteiger partial charge in [-0.15, -0.1) is 0 Å². The molecule has 3 aromatic rings. The molecular formula is C35H34O6. The Balaban J connectivity index is 1.68. The summed E-state index contributed by atoms with van der Waals surface area (Å²) < 4.78 is 16.3. The zero-order chi connectivity index (χ0) is 29.8. The fourth-order valence-corrected chi connectivity index (χ4v) is 5.07. The fourth-order valence-electron chi connectivity index (χ4n) is 5.07. The second kappa shape index (κ2) is 12.2. The van der Waals surface area contributed by atoms with Crippen molar-refractivity contribution in [1.29, 1.82) is 0 Å². The molecule has 4 rings (SSSR count). The third-order valence-corrected chi connectivity index (χ3v) is 7.14. The van der Waals surface area contributed by atoms with E-state index < -0.39 is 17.9 Å². The predicted octanol–water partition coefficient (Wildman–Crippen LogP) is 7.36. The lowest BCUT2D eigenvalue weighted by molar-refractivity contribution is -0.138. The number of esters is 3. The summed E-state index contributed by atoms with van der Waals surface area (Å²) in [6, 6.07) is 15.8. The van der Waals surface area contributed by atoms with Crippen LogP contribution in [0.1, 0.15) is 48.4 Å². The fraction of sp³-hybridized carbons (Fsp3) is 0.229. The Bertz CT molecular complexity index is 1570. The van der Waals surface area contributed by atoms with Gasteiger partial charge in [0.05, 0.1) is 6.61 Å². The van der Waals surface area contributed by atoms with Crippen molar-refractivity contribution in [3.8, 4) is 33.8 Å². The maximum Gasteiger partial charge on any atom is 0.338 e. The van der Waals surface area contributed by atoms with Crippen molar-refractivity contribution in [2.75, 3.05) is 6.61 Å². The van der Waals surface area contributed by atoms with E-state index in [1.54, 1.807) is 26.0 Å². The lowest BCUT2D eigenvalue weighted by atomic mass is 9.89. The van der Waals surface area contributed by atoms with Gasteiger partial charge >= 0.3 is 17.9 Å². The Morgan fingerprint density at radius 1 is 0.829 bits per heavy atom. The Labute approximate surface area is 241 Å². The van der Waals surface area contributed by atoms with Crippen molar-refractivity contribution >= 4 is 17.9 Å². The molecule has 210 valence electrons. The molecule has 41 heavy (non-hydrogen) atoms. The molecule has 0 spiro atoms. The molecule has 1 aliphatic rings. The van der Waals surface area contributed by atoms with Gasteiger partial charge in [-0.25, -0.2) is 14.4 Å². The minimum atomic E-state index is -0.619. The van der Waals surface area contributed by atoms with Gasteiger partial charge in [0, 0.05) is 23.1 Å². The van der Waals surface area contributed by atoms with E-state index in [0.29, 0.717) is 6.61 Å². The topological polar surface area (TPSA) is 78.9 Å². The highest BCUT2D eigenvalue weighted by molar-refractivity contribution is 5.91. The van der Waals surface area contributed by atoms with Crippen LogP contribution in [0.4, 0.5) is 0 Å². The van der Waals surface area contributed by atoms with Crippen LogP contribution in [-0.2, 0) is 25.5 Å². The Morgan fingerprint density at radius 3 is 2.05 bits per heavy atom. The quantitative estimate of drug-likeness (QED) is 0.157. The first-order valence-corrected chi connectivity index (χ1v) is 13.4. The number of benzene rings is 3. The summed E-state index contributed by atoms with van der Waals surface area (Å²) in [5.41, 5.74) is 9.04. The van der Waals surface area contributed by atoms with Gasteiger partial charge in [-0.1, -0.05) is 56.1 Å². The molecule has 0 aromatic heterocycles. The number of hydrogen-bond donors (Lipinski definition) is 0. The number of aryl methyl sites for hydroxylation is 3. The summed E-state index contributed by atoms with van der Waals surface area (Å²) in [4.78, 5) is 36.1. The summed E-state index contributed by atoms with van der Waals surface area (Å²) in [6.07, 6.45) is 3.09. The second-order valence-corrected chi connectivity index (χ2v) is 10.5. The van der Waals surface area contributed by atoms with Gasteiger partial charge in [0.25, 0.3) is 0 Å². The molecule has 0 heterocycles. The van der Waals surface area contributed by atoms with Gasteiger partial charge in [0.1, 0.15) is 0 Å². The summed E-state index contributed by atoms with van der Waals surface area (Å²) >= 11 is 0. The van der Waals surface area contributed by atoms with Crippen LogP contribution in [0, 0.1) is 13.8 Å². The molecule has 1 atom stereocenters. The molecule has 0 fully saturated rings. The first-order valence-electron chi connectivity index (χ1n) is 13.4. The van der Waals surface area contributed by atoms with Gasteiger partial charge in [-0.2, -0.15) is 0 Å². The van der Waals surface area contributed by atoms with Crippen molar-refractivity contribution in [3.05, 3.63) is 108 Å². The van der Waals surface area contributed by atoms with Crippen LogP contribution < -0.4 is 9.47 Å². The second-order valence-electron chi connectivity index (χ2n) is 10.5. The number of hydrogen-bond acceptors (Lipinski definition) is 6. The number of carbonyl (C=O) groups excluding carboxylic acids is 3. The van der Waals surface area contributed by atoms with Gasteiger partial charge in [-0.05, 0) is 97.2 Å². The van der Waals surface area contributed by atoms with Crippen LogP contribution in [0.15, 0.2) is 85.5 Å². The molecule has 0 amide bonds. The van der Waals surface area contributed by atoms with Crippen molar-refractivity contribution in [1.82, 2.24) is 0 Å². The van der Waals surface area contributed by atoms with E-state index in [9.17, 15) is 14.4 Å². The molecule has 0 saturated carbocycles. The molecule has 1 unspecified atom stereocenters. The van der Waals surface area contributed by atoms with Gasteiger partial charge in [0.2, 0.25) is 0 Å². The van der Waals surface area contributed by atoms with Crippen molar-refractivity contribution in [2.24, 2.45) is 0 Å². The van der Waals surface area contributed by atoms with Crippen LogP contribution in [-0.4, -0.2) is 24.5 Å². The normalized spacial score (nSPS) is 13.6. The maximum absolute atomic E-state index is 12.3. The molecule has 6 heteroatoms. The van der Waals surface area contributed by atoms with E-state index in [1.807, 2.05) is 6.07 Å². The van der Waals surface area contributed by atoms with Gasteiger partial charge in [0.15, 0.2) is 11.5 Å². The minimum Gasteiger partial charge on any atom is -0.462 e. The highest BCUT2D eigenvalue weighted by Gasteiger charge is 2.25. The van der Waals surface area contributed by atoms with E-state index >= 15 is 0 Å². The number of rotatable bonds is 9. The van der Waals surface area contributed by atoms with E-state index in [2.05, 4.69) is 63.9 Å². The highest BCUT2D eigenvalue weighted by atomic mass is 16.6. The van der Waals surface area contributed by atoms with Crippen molar-refractivity contribution in [3.63, 3.8) is 0 Å². The molecule has 0 radical (unpaired) electrons. The maximum atomic E-state index is 12.3. The summed E-state index contributed by atoms with van der Waals surface area (Å²) in [5.74, 6) is -1.24. The standard InChI is InChI=1S/C35H34O6/c1-8-32(36)39-19-27-12-10-24-9-11-26(17-29(24)27)33-22(6)15-28(16-23(33)7)25-13-14-30(40-34(37)20(2)3)31(18-25)41-35(38)21(4)5/h8-9,11,13-18,27H,1-2,4,10,12,19H2,3,5-7H3. The van der Waals surface area contributed by atoms with E-state index in [1.165, 1.54) is 17.2 Å². The third-order valence-electron chi connectivity index (χ3n) is 7.14. The minimum absolute atomic E-state index is 0.117. The third kappa shape index (κ3) is 6.55. The Hall–Kier alpha value is -4.71. The monoisotopic (exact) mass is 550 g/mol. The number of ether oxygens (including phenoxy) is 3. The summed E-state index contributed by atoms with van der Waals surface area (Å²) in [7, 11) is 0. The molecule has 0 bridgehead atoms. The first-order chi connectivity index (χ1) is 19.5. The van der Waals surface area contributed by atoms with E-state index in [4.69, 9.17) is 14.2 Å². The first kappa shape index (κ1) is 29.3. The van der Waals surface area contributed by atoms with Crippen molar-refractivity contribution in [2.45, 2.75) is 46.5 Å². The van der Waals surface area contributed by atoms with Crippen LogP contribution >= 0.6 is 0 Å². The van der Waals surface area contributed by atoms with Crippen LogP contribution in [0.3, 0.4) is 0 Å². The molecule has 0 N–H and O–H groups in total. The lowest BCUT2D eigenvalue weighted by Gasteiger charge is -2.17. The van der Waals surface area contributed by atoms with Gasteiger partial charge < -0.3 is 14.2 Å². The molecule has 3 aromatic carbocycles. The number of fused-ring (bicyclic) bond motifs is 1. The van der Waals surface area contributed by atoms with Crippen LogP contribution in [0.25, 0.3) is 22.3 Å². The summed E-state index contributed by atoms with van der Waals surface area (Å²) in [5, 5.41) is 0. The summed E-state index contributed by atoms with van der Waals surface area (Å²) in [6.45, 7) is 18.3. The predicted molar refractivity (Wildman–Crippen MR) is 160 cm³/mol. The number of carbonyl (C=O) groups is 3. The Morgan fingerprint density at radius 2 is 1.44 bits per heavy atom. The smallest absolute Gasteiger partial charge is 0.338 e. The largest absolute Gasteiger partial charge is 0.462 e. The Kier molecular flexibility index (Phi) is 8.72. The van der Waals surface area contributed by atoms with E-state index in [0.717, 1.165) is 46.2 Å². The van der Waals surface area contributed by atoms with Gasteiger partial charge in [-0.3, -0.25) is 0 Å². The zero-order valence-electron chi connectivity index (χ0n) is 24.0. The average molecular weight is 551 g/mol. The van der Waals surface area contributed by atoms with Crippen molar-refractivity contribution < 1.29 is 28.6 Å².